The molecule has 5 heteroatoms. The van der Waals surface area contributed by atoms with Gasteiger partial charge in [0.1, 0.15) is 5.54 Å². The summed E-state index contributed by atoms with van der Waals surface area (Å²) in [5, 5.41) is 12.0. The Kier molecular flexibility index (Phi) is 4.70. The van der Waals surface area contributed by atoms with Crippen LogP contribution < -0.4 is 5.32 Å². The number of nitrogens with zero attached hydrogens (tertiary/aromatic N) is 2. The van der Waals surface area contributed by atoms with Gasteiger partial charge in [0, 0.05) is 39.3 Å². The summed E-state index contributed by atoms with van der Waals surface area (Å²) in [7, 11) is 2.13. The first kappa shape index (κ1) is 13.4. The highest BCUT2D eigenvalue weighted by molar-refractivity contribution is 5.77. The lowest BCUT2D eigenvalue weighted by Gasteiger charge is -2.33. The minimum atomic E-state index is -0.827. The Morgan fingerprint density at radius 1 is 1.31 bits per heavy atom. The smallest absolute Gasteiger partial charge is 0.323 e. The number of hydrogen-bond acceptors (Lipinski definition) is 4. The first-order valence-corrected chi connectivity index (χ1v) is 5.81. The summed E-state index contributed by atoms with van der Waals surface area (Å²) < 4.78 is 0. The van der Waals surface area contributed by atoms with Crippen molar-refractivity contribution >= 4 is 5.97 Å². The van der Waals surface area contributed by atoms with E-state index >= 15 is 0 Å². The molecular formula is C11H23N3O2. The molecule has 1 rings (SSSR count). The molecule has 94 valence electrons. The number of carbonyl (C=O) groups is 1. The summed E-state index contributed by atoms with van der Waals surface area (Å²) in [6.45, 7) is 9.38. The molecule has 1 saturated heterocycles. The van der Waals surface area contributed by atoms with Crippen LogP contribution in [0.2, 0.25) is 0 Å². The van der Waals surface area contributed by atoms with Gasteiger partial charge in [-0.3, -0.25) is 9.69 Å². The minimum Gasteiger partial charge on any atom is -0.480 e. The molecule has 5 nitrogen and oxygen atoms in total. The van der Waals surface area contributed by atoms with Crippen molar-refractivity contribution in [3.63, 3.8) is 0 Å². The number of likely N-dealkylation sites (N-methyl/N-ethyl adjacent to an activating group) is 1. The van der Waals surface area contributed by atoms with Gasteiger partial charge in [-0.25, -0.2) is 0 Å². The Labute approximate surface area is 97.4 Å². The van der Waals surface area contributed by atoms with Crippen LogP contribution in [-0.2, 0) is 4.79 Å². The summed E-state index contributed by atoms with van der Waals surface area (Å²) >= 11 is 0. The van der Waals surface area contributed by atoms with E-state index < -0.39 is 11.5 Å². The molecule has 0 radical (unpaired) electrons. The van der Waals surface area contributed by atoms with Gasteiger partial charge in [0.15, 0.2) is 0 Å². The average Bonchev–Trinajstić information content (AvgIpc) is 2.20. The minimum absolute atomic E-state index is 0.725. The Balaban J connectivity index is 2.18. The Morgan fingerprint density at radius 2 is 1.88 bits per heavy atom. The molecule has 1 aliphatic heterocycles. The van der Waals surface area contributed by atoms with Gasteiger partial charge in [-0.2, -0.15) is 0 Å². The molecule has 0 aliphatic carbocycles. The van der Waals surface area contributed by atoms with Crippen molar-refractivity contribution in [2.75, 3.05) is 46.3 Å². The third kappa shape index (κ3) is 4.08. The molecule has 0 unspecified atom stereocenters. The van der Waals surface area contributed by atoms with E-state index in [9.17, 15) is 4.79 Å². The second-order valence-electron chi connectivity index (χ2n) is 5.00. The Hall–Kier alpha value is -0.650. The number of hydrogen-bond donors (Lipinski definition) is 2. The molecule has 16 heavy (non-hydrogen) atoms. The highest BCUT2D eigenvalue weighted by Gasteiger charge is 2.26. The quantitative estimate of drug-likeness (QED) is 0.677. The maximum Gasteiger partial charge on any atom is 0.323 e. The van der Waals surface area contributed by atoms with Crippen molar-refractivity contribution in [3.8, 4) is 0 Å². The normalized spacial score (nSPS) is 19.9. The molecule has 0 aromatic rings. The number of nitrogens with one attached hydrogen (secondary N) is 1. The highest BCUT2D eigenvalue weighted by Crippen LogP contribution is 2.02. The van der Waals surface area contributed by atoms with E-state index in [2.05, 4.69) is 22.2 Å². The van der Waals surface area contributed by atoms with Crippen LogP contribution in [0.15, 0.2) is 0 Å². The Morgan fingerprint density at radius 3 is 2.38 bits per heavy atom. The molecular weight excluding hydrogens is 206 g/mol. The average molecular weight is 229 g/mol. The third-order valence-electron chi connectivity index (χ3n) is 3.13. The highest BCUT2D eigenvalue weighted by atomic mass is 16.4. The van der Waals surface area contributed by atoms with Gasteiger partial charge < -0.3 is 15.3 Å². The molecule has 1 heterocycles. The van der Waals surface area contributed by atoms with Crippen molar-refractivity contribution < 1.29 is 9.90 Å². The fraction of sp³-hybridized carbons (Fsp3) is 0.909. The van der Waals surface area contributed by atoms with Crippen molar-refractivity contribution in [1.82, 2.24) is 15.1 Å². The molecule has 0 saturated carbocycles. The van der Waals surface area contributed by atoms with Gasteiger partial charge in [-0.1, -0.05) is 0 Å². The second-order valence-corrected chi connectivity index (χ2v) is 5.00. The Bertz CT molecular complexity index is 235. The van der Waals surface area contributed by atoms with Crippen LogP contribution in [0.5, 0.6) is 0 Å². The SMILES string of the molecule is CN1CCN(CCNC(C)(C)C(=O)O)CC1. The van der Waals surface area contributed by atoms with Gasteiger partial charge in [0.2, 0.25) is 0 Å². The van der Waals surface area contributed by atoms with Crippen molar-refractivity contribution in [2.45, 2.75) is 19.4 Å². The molecule has 0 aromatic heterocycles. The van der Waals surface area contributed by atoms with E-state index in [0.29, 0.717) is 0 Å². The fourth-order valence-electron chi connectivity index (χ4n) is 1.67. The summed E-state index contributed by atoms with van der Waals surface area (Å²) in [5.41, 5.74) is -0.827. The van der Waals surface area contributed by atoms with Crippen molar-refractivity contribution in [2.24, 2.45) is 0 Å². The summed E-state index contributed by atoms with van der Waals surface area (Å²) in [6.07, 6.45) is 0. The van der Waals surface area contributed by atoms with Crippen LogP contribution in [0, 0.1) is 0 Å². The number of carboxylic acid groups (broad SMARTS) is 1. The van der Waals surface area contributed by atoms with Gasteiger partial charge in [0.05, 0.1) is 0 Å². The maximum atomic E-state index is 10.9. The predicted octanol–water partition coefficient (Wildman–Crippen LogP) is -0.313. The number of piperazine rings is 1. The first-order valence-electron chi connectivity index (χ1n) is 5.81. The molecule has 1 aliphatic rings. The maximum absolute atomic E-state index is 10.9. The molecule has 0 aromatic carbocycles. The van der Waals surface area contributed by atoms with Crippen LogP contribution in [-0.4, -0.2) is 72.7 Å². The molecule has 0 bridgehead atoms. The van der Waals surface area contributed by atoms with Crippen LogP contribution in [0.3, 0.4) is 0 Å². The number of aliphatic carboxylic acids is 1. The van der Waals surface area contributed by atoms with E-state index in [4.69, 9.17) is 5.11 Å². The van der Waals surface area contributed by atoms with Crippen LogP contribution in [0.25, 0.3) is 0 Å². The zero-order valence-electron chi connectivity index (χ0n) is 10.5. The summed E-state index contributed by atoms with van der Waals surface area (Å²) in [4.78, 5) is 15.5. The third-order valence-corrected chi connectivity index (χ3v) is 3.13. The van der Waals surface area contributed by atoms with Gasteiger partial charge in [-0.05, 0) is 20.9 Å². The molecule has 0 amide bonds. The molecule has 0 atom stereocenters. The van der Waals surface area contributed by atoms with E-state index in [1.54, 1.807) is 13.8 Å². The lowest BCUT2D eigenvalue weighted by atomic mass is 10.1. The van der Waals surface area contributed by atoms with Crippen molar-refractivity contribution in [1.29, 1.82) is 0 Å². The van der Waals surface area contributed by atoms with Crippen LogP contribution >= 0.6 is 0 Å². The van der Waals surface area contributed by atoms with Crippen LogP contribution in [0.4, 0.5) is 0 Å². The van der Waals surface area contributed by atoms with Gasteiger partial charge >= 0.3 is 5.97 Å². The van der Waals surface area contributed by atoms with Gasteiger partial charge in [-0.15, -0.1) is 0 Å². The number of carboxylic acids is 1. The lowest BCUT2D eigenvalue weighted by molar-refractivity contribution is -0.143. The fourth-order valence-corrected chi connectivity index (χ4v) is 1.67. The molecule has 2 N–H and O–H groups in total. The van der Waals surface area contributed by atoms with E-state index in [0.717, 1.165) is 39.3 Å². The summed E-state index contributed by atoms with van der Waals surface area (Å²) in [6, 6.07) is 0. The monoisotopic (exact) mass is 229 g/mol. The lowest BCUT2D eigenvalue weighted by Crippen LogP contribution is -2.51. The van der Waals surface area contributed by atoms with E-state index in [1.807, 2.05) is 0 Å². The largest absolute Gasteiger partial charge is 0.480 e. The van der Waals surface area contributed by atoms with E-state index in [1.165, 1.54) is 0 Å². The standard InChI is InChI=1S/C11H23N3O2/c1-11(2,10(15)16)12-4-5-14-8-6-13(3)7-9-14/h12H,4-9H2,1-3H3,(H,15,16). The first-order chi connectivity index (χ1) is 7.42. The summed E-state index contributed by atoms with van der Waals surface area (Å²) in [5.74, 6) is -0.800. The second kappa shape index (κ2) is 5.61. The van der Waals surface area contributed by atoms with E-state index in [-0.39, 0.29) is 0 Å². The predicted molar refractivity (Wildman–Crippen MR) is 63.7 cm³/mol. The van der Waals surface area contributed by atoms with Crippen LogP contribution in [0.1, 0.15) is 13.8 Å². The van der Waals surface area contributed by atoms with Gasteiger partial charge in [0.25, 0.3) is 0 Å². The molecule has 0 spiro atoms. The van der Waals surface area contributed by atoms with Crippen molar-refractivity contribution in [3.05, 3.63) is 0 Å². The number of rotatable bonds is 5. The zero-order valence-corrected chi connectivity index (χ0v) is 10.5. The zero-order chi connectivity index (χ0) is 12.2. The molecule has 1 fully saturated rings. The topological polar surface area (TPSA) is 55.8 Å².